The maximum Gasteiger partial charge on any atom is 0.292 e. The summed E-state index contributed by atoms with van der Waals surface area (Å²) in [6.07, 6.45) is 1.24. The maximum atomic E-state index is 13.3. The van der Waals surface area contributed by atoms with Crippen LogP contribution in [-0.4, -0.2) is 42.0 Å². The number of hydrogen-bond acceptors (Lipinski definition) is 4. The molecule has 6 nitrogen and oxygen atoms in total. The van der Waals surface area contributed by atoms with Gasteiger partial charge >= 0.3 is 0 Å². The zero-order valence-corrected chi connectivity index (χ0v) is 13.3. The van der Waals surface area contributed by atoms with Gasteiger partial charge in [0, 0.05) is 37.7 Å². The summed E-state index contributed by atoms with van der Waals surface area (Å²) < 4.78 is 18.4. The molecule has 0 atom stereocenters. The minimum Gasteiger partial charge on any atom is -0.359 e. The summed E-state index contributed by atoms with van der Waals surface area (Å²) in [6.45, 7) is 0.986. The van der Waals surface area contributed by atoms with Gasteiger partial charge in [0.25, 0.3) is 5.91 Å². The summed E-state index contributed by atoms with van der Waals surface area (Å²) in [6, 6.07) is 7.46. The van der Waals surface area contributed by atoms with E-state index >= 15 is 0 Å². The van der Waals surface area contributed by atoms with E-state index in [0.717, 1.165) is 0 Å². The first-order valence-corrected chi connectivity index (χ1v) is 7.82. The zero-order chi connectivity index (χ0) is 17.1. The van der Waals surface area contributed by atoms with E-state index in [2.05, 4.69) is 10.5 Å². The van der Waals surface area contributed by atoms with Crippen LogP contribution in [0.5, 0.6) is 0 Å². The summed E-state index contributed by atoms with van der Waals surface area (Å²) in [4.78, 5) is 25.8. The lowest BCUT2D eigenvalue weighted by Crippen LogP contribution is -2.42. The second-order valence-electron chi connectivity index (χ2n) is 5.77. The highest BCUT2D eigenvalue weighted by Gasteiger charge is 2.29. The molecule has 0 saturated carbocycles. The number of rotatable bonds is 3. The molecular formula is C17H18FN3O3. The van der Waals surface area contributed by atoms with Crippen molar-refractivity contribution >= 4 is 11.8 Å². The Morgan fingerprint density at radius 2 is 2.04 bits per heavy atom. The van der Waals surface area contributed by atoms with Crippen molar-refractivity contribution in [3.8, 4) is 11.3 Å². The van der Waals surface area contributed by atoms with Crippen molar-refractivity contribution in [2.45, 2.75) is 12.8 Å². The molecule has 1 aliphatic heterocycles. The topological polar surface area (TPSA) is 75.4 Å². The van der Waals surface area contributed by atoms with Crippen LogP contribution < -0.4 is 5.32 Å². The average molecular weight is 331 g/mol. The molecular weight excluding hydrogens is 313 g/mol. The Labute approximate surface area is 138 Å². The molecule has 7 heteroatoms. The quantitative estimate of drug-likeness (QED) is 0.934. The van der Waals surface area contributed by atoms with E-state index in [1.807, 2.05) is 0 Å². The van der Waals surface area contributed by atoms with E-state index in [-0.39, 0.29) is 29.3 Å². The number of amides is 2. The fraction of sp³-hybridized carbons (Fsp3) is 0.353. The fourth-order valence-corrected chi connectivity index (χ4v) is 2.86. The second-order valence-corrected chi connectivity index (χ2v) is 5.77. The lowest BCUT2D eigenvalue weighted by Gasteiger charge is -2.30. The molecule has 0 spiro atoms. The number of nitrogens with one attached hydrogen (secondary N) is 1. The number of hydrogen-bond donors (Lipinski definition) is 1. The summed E-state index contributed by atoms with van der Waals surface area (Å²) in [7, 11) is 1.61. The summed E-state index contributed by atoms with van der Waals surface area (Å²) in [5, 5.41) is 6.48. The number of benzene rings is 1. The monoisotopic (exact) mass is 331 g/mol. The van der Waals surface area contributed by atoms with Gasteiger partial charge in [-0.1, -0.05) is 17.3 Å². The van der Waals surface area contributed by atoms with E-state index in [1.54, 1.807) is 24.1 Å². The first-order valence-electron chi connectivity index (χ1n) is 7.82. The highest BCUT2D eigenvalue weighted by molar-refractivity contribution is 5.92. The van der Waals surface area contributed by atoms with Gasteiger partial charge in [0.15, 0.2) is 0 Å². The molecule has 24 heavy (non-hydrogen) atoms. The van der Waals surface area contributed by atoms with Crippen LogP contribution in [0, 0.1) is 11.7 Å². The number of likely N-dealkylation sites (tertiary alicyclic amines) is 1. The van der Waals surface area contributed by atoms with Crippen molar-refractivity contribution in [2.75, 3.05) is 20.1 Å². The van der Waals surface area contributed by atoms with Gasteiger partial charge in [0.05, 0.1) is 0 Å². The molecule has 1 fully saturated rings. The molecule has 1 saturated heterocycles. The van der Waals surface area contributed by atoms with Crippen LogP contribution in [0.1, 0.15) is 23.4 Å². The molecule has 1 aromatic heterocycles. The van der Waals surface area contributed by atoms with Gasteiger partial charge in [-0.25, -0.2) is 4.39 Å². The second kappa shape index (κ2) is 6.82. The molecule has 0 unspecified atom stereocenters. The minimum atomic E-state index is -0.375. The number of carbonyl (C=O) groups excluding carboxylic acids is 2. The van der Waals surface area contributed by atoms with Crippen molar-refractivity contribution in [2.24, 2.45) is 5.92 Å². The molecule has 1 aliphatic rings. The Morgan fingerprint density at radius 1 is 1.29 bits per heavy atom. The third-order valence-corrected chi connectivity index (χ3v) is 4.24. The molecule has 1 aromatic carbocycles. The Balaban J connectivity index is 1.68. The van der Waals surface area contributed by atoms with Crippen molar-refractivity contribution in [1.82, 2.24) is 15.4 Å². The summed E-state index contributed by atoms with van der Waals surface area (Å²) >= 11 is 0. The van der Waals surface area contributed by atoms with Crippen LogP contribution in [-0.2, 0) is 4.79 Å². The Kier molecular flexibility index (Phi) is 4.59. The van der Waals surface area contributed by atoms with Gasteiger partial charge in [-0.05, 0) is 25.0 Å². The summed E-state index contributed by atoms with van der Waals surface area (Å²) in [5.41, 5.74) is 0.967. The molecule has 2 aromatic rings. The van der Waals surface area contributed by atoms with Crippen LogP contribution >= 0.6 is 0 Å². The van der Waals surface area contributed by atoms with E-state index < -0.39 is 0 Å². The highest BCUT2D eigenvalue weighted by atomic mass is 19.1. The van der Waals surface area contributed by atoms with E-state index in [9.17, 15) is 14.0 Å². The molecule has 3 rings (SSSR count). The number of nitrogens with zero attached hydrogens (tertiary/aromatic N) is 2. The van der Waals surface area contributed by atoms with E-state index in [1.165, 1.54) is 18.2 Å². The standard InChI is InChI=1S/C17H18FN3O3/c1-19-16(22)11-5-7-21(8-6-11)17(23)15-10-14(20-24-15)12-3-2-4-13(18)9-12/h2-4,9-11H,5-8H2,1H3,(H,19,22). The number of halogens is 1. The largest absolute Gasteiger partial charge is 0.359 e. The lowest BCUT2D eigenvalue weighted by molar-refractivity contribution is -0.125. The third kappa shape index (κ3) is 3.29. The van der Waals surface area contributed by atoms with Crippen LogP contribution in [0.25, 0.3) is 11.3 Å². The van der Waals surface area contributed by atoms with Crippen molar-refractivity contribution in [1.29, 1.82) is 0 Å². The van der Waals surface area contributed by atoms with Crippen molar-refractivity contribution in [3.05, 3.63) is 41.9 Å². The van der Waals surface area contributed by atoms with Crippen LogP contribution in [0.4, 0.5) is 4.39 Å². The third-order valence-electron chi connectivity index (χ3n) is 4.24. The van der Waals surface area contributed by atoms with Gasteiger partial charge in [0.2, 0.25) is 11.7 Å². The van der Waals surface area contributed by atoms with Crippen LogP contribution in [0.3, 0.4) is 0 Å². The van der Waals surface area contributed by atoms with E-state index in [4.69, 9.17) is 4.52 Å². The zero-order valence-electron chi connectivity index (χ0n) is 13.3. The molecule has 0 bridgehead atoms. The first-order chi connectivity index (χ1) is 11.6. The summed E-state index contributed by atoms with van der Waals surface area (Å²) in [5.74, 6) is -0.570. The van der Waals surface area contributed by atoms with Crippen LogP contribution in [0.15, 0.2) is 34.9 Å². The first kappa shape index (κ1) is 16.2. The molecule has 0 aliphatic carbocycles. The van der Waals surface area contributed by atoms with Crippen molar-refractivity contribution < 1.29 is 18.5 Å². The number of piperidine rings is 1. The van der Waals surface area contributed by atoms with Crippen molar-refractivity contribution in [3.63, 3.8) is 0 Å². The van der Waals surface area contributed by atoms with E-state index in [0.29, 0.717) is 37.2 Å². The number of aromatic nitrogens is 1. The predicted molar refractivity (Wildman–Crippen MR) is 84.6 cm³/mol. The fourth-order valence-electron chi connectivity index (χ4n) is 2.86. The average Bonchev–Trinajstić information content (AvgIpc) is 3.10. The Hall–Kier alpha value is -2.70. The SMILES string of the molecule is CNC(=O)C1CCN(C(=O)c2cc(-c3cccc(F)c3)no2)CC1. The van der Waals surface area contributed by atoms with Crippen LogP contribution in [0.2, 0.25) is 0 Å². The molecule has 2 amide bonds. The molecule has 126 valence electrons. The Bertz CT molecular complexity index is 751. The Morgan fingerprint density at radius 3 is 2.71 bits per heavy atom. The minimum absolute atomic E-state index is 0.00940. The smallest absolute Gasteiger partial charge is 0.292 e. The van der Waals surface area contributed by atoms with Gasteiger partial charge in [-0.3, -0.25) is 9.59 Å². The number of carbonyl (C=O) groups is 2. The normalized spacial score (nSPS) is 15.3. The van der Waals surface area contributed by atoms with Gasteiger partial charge in [0.1, 0.15) is 11.5 Å². The van der Waals surface area contributed by atoms with Gasteiger partial charge < -0.3 is 14.7 Å². The molecule has 0 radical (unpaired) electrons. The lowest BCUT2D eigenvalue weighted by atomic mass is 9.96. The molecule has 1 N–H and O–H groups in total. The van der Waals surface area contributed by atoms with Gasteiger partial charge in [-0.15, -0.1) is 0 Å². The highest BCUT2D eigenvalue weighted by Crippen LogP contribution is 2.23. The predicted octanol–water partition coefficient (Wildman–Crippen LogP) is 2.08. The maximum absolute atomic E-state index is 13.3. The van der Waals surface area contributed by atoms with Gasteiger partial charge in [-0.2, -0.15) is 0 Å². The molecule has 2 heterocycles.